The van der Waals surface area contributed by atoms with Crippen molar-refractivity contribution >= 4 is 5.97 Å². The van der Waals surface area contributed by atoms with E-state index in [1.807, 2.05) is 6.92 Å². The van der Waals surface area contributed by atoms with Gasteiger partial charge in [-0.1, -0.05) is 12.2 Å². The molecule has 1 heterocycles. The average molecular weight is 227 g/mol. The van der Waals surface area contributed by atoms with Crippen LogP contribution >= 0.6 is 0 Å². The van der Waals surface area contributed by atoms with Crippen molar-refractivity contribution in [2.45, 2.75) is 32.3 Å². The summed E-state index contributed by atoms with van der Waals surface area (Å²) >= 11 is 0. The molecule has 0 aromatic heterocycles. The summed E-state index contributed by atoms with van der Waals surface area (Å²) < 4.78 is 5.55. The number of hydrogen-bond donors (Lipinski definition) is 1. The maximum atomic E-state index is 10.5. The highest BCUT2D eigenvalue weighted by molar-refractivity contribution is 5.66. The zero-order valence-electron chi connectivity index (χ0n) is 9.95. The molecule has 0 amide bonds. The number of carboxylic acid groups (broad SMARTS) is 1. The van der Waals surface area contributed by atoms with Crippen LogP contribution in [-0.4, -0.2) is 48.3 Å². The van der Waals surface area contributed by atoms with Crippen LogP contribution in [0.3, 0.4) is 0 Å². The third-order valence-electron chi connectivity index (χ3n) is 2.62. The molecule has 1 aliphatic heterocycles. The van der Waals surface area contributed by atoms with E-state index in [0.717, 1.165) is 38.1 Å². The van der Waals surface area contributed by atoms with Gasteiger partial charge in [-0.25, -0.2) is 0 Å². The van der Waals surface area contributed by atoms with E-state index < -0.39 is 5.97 Å². The molecule has 1 N–H and O–H groups in total. The predicted molar refractivity (Wildman–Crippen MR) is 62.5 cm³/mol. The third kappa shape index (κ3) is 5.28. The van der Waals surface area contributed by atoms with Crippen LogP contribution in [0.25, 0.3) is 0 Å². The minimum atomic E-state index is -0.751. The molecule has 1 saturated heterocycles. The minimum absolute atomic E-state index is 0.181. The second-order valence-corrected chi connectivity index (χ2v) is 4.47. The van der Waals surface area contributed by atoms with Crippen molar-refractivity contribution in [2.24, 2.45) is 0 Å². The number of rotatable bonds is 7. The highest BCUT2D eigenvalue weighted by atomic mass is 16.5. The Morgan fingerprint density at radius 2 is 2.38 bits per heavy atom. The van der Waals surface area contributed by atoms with Crippen LogP contribution in [0.5, 0.6) is 0 Å². The van der Waals surface area contributed by atoms with Crippen LogP contribution in [0.1, 0.15) is 26.2 Å². The van der Waals surface area contributed by atoms with Gasteiger partial charge in [0.2, 0.25) is 0 Å². The lowest BCUT2D eigenvalue weighted by molar-refractivity contribution is -0.137. The number of hydrogen-bond acceptors (Lipinski definition) is 3. The van der Waals surface area contributed by atoms with E-state index >= 15 is 0 Å². The second kappa shape index (κ2) is 6.66. The summed E-state index contributed by atoms with van der Waals surface area (Å²) in [5, 5.41) is 8.68. The Morgan fingerprint density at radius 1 is 1.62 bits per heavy atom. The van der Waals surface area contributed by atoms with E-state index in [2.05, 4.69) is 11.5 Å². The molecule has 4 nitrogen and oxygen atoms in total. The fourth-order valence-electron chi connectivity index (χ4n) is 1.95. The monoisotopic (exact) mass is 227 g/mol. The highest BCUT2D eigenvalue weighted by Gasteiger charge is 2.19. The smallest absolute Gasteiger partial charge is 0.304 e. The molecule has 0 radical (unpaired) electrons. The zero-order chi connectivity index (χ0) is 12.0. The van der Waals surface area contributed by atoms with Gasteiger partial charge in [-0.2, -0.15) is 0 Å². The standard InChI is InChI=1S/C12H21NO3/c1-10(2)8-13(6-5-12(14)15)9-11-4-3-7-16-11/h11H,1,3-9H2,2H3,(H,14,15). The van der Waals surface area contributed by atoms with Crippen LogP contribution in [-0.2, 0) is 9.53 Å². The van der Waals surface area contributed by atoms with Crippen LogP contribution in [0, 0.1) is 0 Å². The normalized spacial score (nSPS) is 20.2. The Bertz CT molecular complexity index is 247. The number of nitrogens with zero attached hydrogens (tertiary/aromatic N) is 1. The van der Waals surface area contributed by atoms with Crippen molar-refractivity contribution in [3.63, 3.8) is 0 Å². The first-order valence-corrected chi connectivity index (χ1v) is 5.78. The SMILES string of the molecule is C=C(C)CN(CCC(=O)O)CC1CCCO1. The van der Waals surface area contributed by atoms with Crippen LogP contribution in [0.15, 0.2) is 12.2 Å². The molecule has 0 aliphatic carbocycles. The summed E-state index contributed by atoms with van der Waals surface area (Å²) in [5.41, 5.74) is 1.06. The van der Waals surface area contributed by atoms with Crippen LogP contribution in [0.4, 0.5) is 0 Å². The molecule has 0 bridgehead atoms. The highest BCUT2D eigenvalue weighted by Crippen LogP contribution is 2.14. The summed E-state index contributed by atoms with van der Waals surface area (Å²) in [4.78, 5) is 12.7. The predicted octanol–water partition coefficient (Wildman–Crippen LogP) is 1.52. The van der Waals surface area contributed by atoms with E-state index in [0.29, 0.717) is 6.54 Å². The molecule has 1 unspecified atom stereocenters. The van der Waals surface area contributed by atoms with Crippen molar-refractivity contribution in [2.75, 3.05) is 26.2 Å². The first-order valence-electron chi connectivity index (χ1n) is 5.78. The molecule has 1 fully saturated rings. The summed E-state index contributed by atoms with van der Waals surface area (Å²) in [6.07, 6.45) is 2.65. The molecule has 1 rings (SSSR count). The van der Waals surface area contributed by atoms with Gasteiger partial charge in [0.25, 0.3) is 0 Å². The summed E-state index contributed by atoms with van der Waals surface area (Å²) in [6.45, 7) is 8.81. The molecule has 0 aromatic carbocycles. The van der Waals surface area contributed by atoms with Crippen molar-refractivity contribution in [3.05, 3.63) is 12.2 Å². The van der Waals surface area contributed by atoms with E-state index in [-0.39, 0.29) is 12.5 Å². The van der Waals surface area contributed by atoms with Gasteiger partial charge in [-0.05, 0) is 19.8 Å². The summed E-state index contributed by atoms with van der Waals surface area (Å²) in [6, 6.07) is 0. The molecule has 0 aromatic rings. The van der Waals surface area contributed by atoms with Gasteiger partial charge in [-0.15, -0.1) is 0 Å². The Balaban J connectivity index is 2.35. The number of ether oxygens (including phenoxy) is 1. The molecular weight excluding hydrogens is 206 g/mol. The number of carbonyl (C=O) groups is 1. The second-order valence-electron chi connectivity index (χ2n) is 4.47. The van der Waals surface area contributed by atoms with Gasteiger partial charge in [0.05, 0.1) is 12.5 Å². The first-order chi connectivity index (χ1) is 7.58. The third-order valence-corrected chi connectivity index (χ3v) is 2.62. The Hall–Kier alpha value is -0.870. The molecule has 92 valence electrons. The molecule has 0 saturated carbocycles. The maximum Gasteiger partial charge on any atom is 0.304 e. The molecule has 0 spiro atoms. The van der Waals surface area contributed by atoms with Gasteiger partial charge in [-0.3, -0.25) is 9.69 Å². The van der Waals surface area contributed by atoms with Gasteiger partial charge < -0.3 is 9.84 Å². The van der Waals surface area contributed by atoms with Gasteiger partial charge in [0, 0.05) is 26.2 Å². The van der Waals surface area contributed by atoms with E-state index in [9.17, 15) is 4.79 Å². The molecular formula is C12H21NO3. The largest absolute Gasteiger partial charge is 0.481 e. The lowest BCUT2D eigenvalue weighted by Gasteiger charge is -2.24. The molecule has 4 heteroatoms. The summed E-state index contributed by atoms with van der Waals surface area (Å²) in [5.74, 6) is -0.751. The van der Waals surface area contributed by atoms with Crippen molar-refractivity contribution in [1.82, 2.24) is 4.90 Å². The van der Waals surface area contributed by atoms with Crippen LogP contribution in [0.2, 0.25) is 0 Å². The Labute approximate surface area is 96.9 Å². The van der Waals surface area contributed by atoms with E-state index in [1.165, 1.54) is 0 Å². The topological polar surface area (TPSA) is 49.8 Å². The lowest BCUT2D eigenvalue weighted by atomic mass is 10.2. The Morgan fingerprint density at radius 3 is 2.88 bits per heavy atom. The quantitative estimate of drug-likeness (QED) is 0.670. The van der Waals surface area contributed by atoms with Gasteiger partial charge in [0.15, 0.2) is 0 Å². The van der Waals surface area contributed by atoms with E-state index in [1.54, 1.807) is 0 Å². The fourth-order valence-corrected chi connectivity index (χ4v) is 1.95. The molecule has 16 heavy (non-hydrogen) atoms. The van der Waals surface area contributed by atoms with Crippen molar-refractivity contribution < 1.29 is 14.6 Å². The van der Waals surface area contributed by atoms with E-state index in [4.69, 9.17) is 9.84 Å². The zero-order valence-corrected chi connectivity index (χ0v) is 9.95. The molecule has 1 aliphatic rings. The van der Waals surface area contributed by atoms with Crippen molar-refractivity contribution in [3.8, 4) is 0 Å². The number of aliphatic carboxylic acids is 1. The first kappa shape index (κ1) is 13.2. The Kier molecular flexibility index (Phi) is 5.49. The average Bonchev–Trinajstić information content (AvgIpc) is 2.66. The number of carboxylic acids is 1. The molecule has 1 atom stereocenters. The maximum absolute atomic E-state index is 10.5. The van der Waals surface area contributed by atoms with Crippen LogP contribution < -0.4 is 0 Å². The minimum Gasteiger partial charge on any atom is -0.481 e. The lowest BCUT2D eigenvalue weighted by Crippen LogP contribution is -2.35. The fraction of sp³-hybridized carbons (Fsp3) is 0.750. The van der Waals surface area contributed by atoms with Crippen molar-refractivity contribution in [1.29, 1.82) is 0 Å². The van der Waals surface area contributed by atoms with Gasteiger partial charge in [0.1, 0.15) is 0 Å². The summed E-state index contributed by atoms with van der Waals surface area (Å²) in [7, 11) is 0. The van der Waals surface area contributed by atoms with Gasteiger partial charge >= 0.3 is 5.97 Å².